The first-order valence-electron chi connectivity index (χ1n) is 12.5. The lowest BCUT2D eigenvalue weighted by Gasteiger charge is -2.27. The van der Waals surface area contributed by atoms with Crippen LogP contribution in [0.1, 0.15) is 28.9 Å². The summed E-state index contributed by atoms with van der Waals surface area (Å²) in [5.41, 5.74) is 6.14. The molecule has 3 nitrogen and oxygen atoms in total. The van der Waals surface area contributed by atoms with Crippen molar-refractivity contribution in [2.45, 2.75) is 18.4 Å². The summed E-state index contributed by atoms with van der Waals surface area (Å²) in [6, 6.07) is 34.8. The Morgan fingerprint density at radius 2 is 1.57 bits per heavy atom. The minimum Gasteiger partial charge on any atom is -0.497 e. The van der Waals surface area contributed by atoms with E-state index < -0.39 is 5.60 Å². The quantitative estimate of drug-likeness (QED) is 0.266. The molecule has 1 aromatic heterocycles. The van der Waals surface area contributed by atoms with E-state index in [0.717, 1.165) is 55.9 Å². The number of aliphatic hydroxyl groups is 1. The fraction of sp³-hybridized carbons (Fsp3) is 0.118. The molecule has 1 aliphatic carbocycles. The predicted molar refractivity (Wildman–Crippen MR) is 150 cm³/mol. The third kappa shape index (κ3) is 4.50. The molecule has 0 saturated heterocycles. The Hall–Kier alpha value is -4.34. The SMILES string of the molecule is COc1ccc(-c2cccc(C3=CCC(O)(c4c(Cc5ccccc5)oc5ccccc45)C=C3)c2)cc1. The summed E-state index contributed by atoms with van der Waals surface area (Å²) in [6.07, 6.45) is 7.18. The van der Waals surface area contributed by atoms with Crippen LogP contribution in [0.25, 0.3) is 27.7 Å². The number of hydrogen-bond donors (Lipinski definition) is 1. The van der Waals surface area contributed by atoms with Crippen LogP contribution in [0.15, 0.2) is 126 Å². The highest BCUT2D eigenvalue weighted by Crippen LogP contribution is 2.42. The van der Waals surface area contributed by atoms with Gasteiger partial charge in [-0.3, -0.25) is 0 Å². The van der Waals surface area contributed by atoms with E-state index in [4.69, 9.17) is 9.15 Å². The molecule has 6 rings (SSSR count). The zero-order chi connectivity index (χ0) is 25.2. The van der Waals surface area contributed by atoms with Crippen LogP contribution in [-0.2, 0) is 12.0 Å². The van der Waals surface area contributed by atoms with E-state index in [0.29, 0.717) is 12.8 Å². The van der Waals surface area contributed by atoms with Gasteiger partial charge in [0.25, 0.3) is 0 Å². The maximum Gasteiger partial charge on any atom is 0.134 e. The summed E-state index contributed by atoms with van der Waals surface area (Å²) in [7, 11) is 1.68. The van der Waals surface area contributed by atoms with Crippen LogP contribution in [0, 0.1) is 0 Å². The van der Waals surface area contributed by atoms with E-state index in [2.05, 4.69) is 54.6 Å². The molecule has 0 fully saturated rings. The summed E-state index contributed by atoms with van der Waals surface area (Å²) in [5, 5.41) is 12.9. The number of fused-ring (bicyclic) bond motifs is 1. The van der Waals surface area contributed by atoms with Gasteiger partial charge in [-0.15, -0.1) is 0 Å². The molecule has 5 aromatic rings. The van der Waals surface area contributed by atoms with Crippen LogP contribution >= 0.6 is 0 Å². The average Bonchev–Trinajstić information content (AvgIpc) is 3.33. The number of furan rings is 1. The van der Waals surface area contributed by atoms with Crippen molar-refractivity contribution in [1.29, 1.82) is 0 Å². The van der Waals surface area contributed by atoms with Gasteiger partial charge in [0.05, 0.1) is 7.11 Å². The molecular weight excluding hydrogens is 456 g/mol. The second-order valence-electron chi connectivity index (χ2n) is 9.49. The Labute approximate surface area is 217 Å². The van der Waals surface area contributed by atoms with Crippen LogP contribution in [0.4, 0.5) is 0 Å². The highest BCUT2D eigenvalue weighted by molar-refractivity contribution is 5.85. The fourth-order valence-corrected chi connectivity index (χ4v) is 5.17. The lowest BCUT2D eigenvalue weighted by Crippen LogP contribution is -2.25. The third-order valence-electron chi connectivity index (χ3n) is 7.10. The van der Waals surface area contributed by atoms with Gasteiger partial charge in [-0.2, -0.15) is 0 Å². The van der Waals surface area contributed by atoms with Crippen LogP contribution < -0.4 is 4.74 Å². The molecule has 3 heteroatoms. The third-order valence-corrected chi connectivity index (χ3v) is 7.10. The Morgan fingerprint density at radius 1 is 0.811 bits per heavy atom. The van der Waals surface area contributed by atoms with Crippen molar-refractivity contribution >= 4 is 16.5 Å². The minimum absolute atomic E-state index is 0.469. The maximum absolute atomic E-state index is 11.9. The summed E-state index contributed by atoms with van der Waals surface area (Å²) in [6.45, 7) is 0. The first-order valence-corrected chi connectivity index (χ1v) is 12.5. The summed E-state index contributed by atoms with van der Waals surface area (Å²) < 4.78 is 11.6. The fourth-order valence-electron chi connectivity index (χ4n) is 5.17. The van der Waals surface area contributed by atoms with Gasteiger partial charge in [-0.05, 0) is 58.2 Å². The van der Waals surface area contributed by atoms with Crippen LogP contribution in [0.2, 0.25) is 0 Å². The highest BCUT2D eigenvalue weighted by Gasteiger charge is 2.34. The Balaban J connectivity index is 1.32. The first kappa shape index (κ1) is 23.1. The topological polar surface area (TPSA) is 42.6 Å². The number of methoxy groups -OCH3 is 1. The molecule has 1 N–H and O–H groups in total. The molecule has 0 radical (unpaired) electrons. The monoisotopic (exact) mass is 484 g/mol. The van der Waals surface area contributed by atoms with E-state index in [1.54, 1.807) is 7.11 Å². The standard InChI is InChI=1S/C34H28O3/c1-36-29-16-14-25(15-17-29)27-10-7-11-28(23-27)26-18-20-34(35,21-19-26)33-30-12-5-6-13-31(30)37-32(33)22-24-8-3-2-4-9-24/h2-20,23,35H,21-22H2,1H3. The minimum atomic E-state index is -1.15. The number of para-hydroxylation sites is 1. The van der Waals surface area contributed by atoms with Crippen molar-refractivity contribution in [1.82, 2.24) is 0 Å². The Kier molecular flexibility index (Phi) is 5.99. The zero-order valence-electron chi connectivity index (χ0n) is 20.7. The van der Waals surface area contributed by atoms with Crippen molar-refractivity contribution in [2.75, 3.05) is 7.11 Å². The number of benzene rings is 4. The second kappa shape index (κ2) is 9.61. The summed E-state index contributed by atoms with van der Waals surface area (Å²) in [4.78, 5) is 0. The van der Waals surface area contributed by atoms with Gasteiger partial charge in [0.15, 0.2) is 0 Å². The van der Waals surface area contributed by atoms with E-state index in [-0.39, 0.29) is 0 Å². The van der Waals surface area contributed by atoms with Crippen molar-refractivity contribution in [2.24, 2.45) is 0 Å². The second-order valence-corrected chi connectivity index (χ2v) is 9.49. The highest BCUT2D eigenvalue weighted by atomic mass is 16.5. The number of hydrogen-bond acceptors (Lipinski definition) is 3. The first-order chi connectivity index (χ1) is 18.1. The number of rotatable bonds is 6. The molecular formula is C34H28O3. The smallest absolute Gasteiger partial charge is 0.134 e. The molecule has 0 spiro atoms. The molecule has 0 aliphatic heterocycles. The molecule has 1 atom stereocenters. The molecule has 1 aliphatic rings. The van der Waals surface area contributed by atoms with E-state index in [1.165, 1.54) is 0 Å². The van der Waals surface area contributed by atoms with Gasteiger partial charge in [0.1, 0.15) is 22.7 Å². The zero-order valence-corrected chi connectivity index (χ0v) is 20.7. The van der Waals surface area contributed by atoms with Gasteiger partial charge < -0.3 is 14.3 Å². The maximum atomic E-state index is 11.9. The van der Waals surface area contributed by atoms with E-state index in [1.807, 2.05) is 66.7 Å². The average molecular weight is 485 g/mol. The number of ether oxygens (including phenoxy) is 1. The predicted octanol–water partition coefficient (Wildman–Crippen LogP) is 7.93. The van der Waals surface area contributed by atoms with E-state index >= 15 is 0 Å². The van der Waals surface area contributed by atoms with Crippen molar-refractivity contribution in [3.63, 3.8) is 0 Å². The van der Waals surface area contributed by atoms with Crippen LogP contribution in [-0.4, -0.2) is 12.2 Å². The lowest BCUT2D eigenvalue weighted by molar-refractivity contribution is 0.0913. The molecule has 0 saturated carbocycles. The Bertz CT molecular complexity index is 1610. The molecule has 1 unspecified atom stereocenters. The van der Waals surface area contributed by atoms with Crippen LogP contribution in [0.5, 0.6) is 5.75 Å². The van der Waals surface area contributed by atoms with Gasteiger partial charge in [-0.1, -0.05) is 91.0 Å². The van der Waals surface area contributed by atoms with Gasteiger partial charge in [0.2, 0.25) is 0 Å². The molecule has 182 valence electrons. The largest absolute Gasteiger partial charge is 0.497 e. The van der Waals surface area contributed by atoms with Gasteiger partial charge in [0, 0.05) is 23.8 Å². The molecule has 0 amide bonds. The Morgan fingerprint density at radius 3 is 2.32 bits per heavy atom. The summed E-state index contributed by atoms with van der Waals surface area (Å²) in [5.74, 6) is 1.65. The van der Waals surface area contributed by atoms with Gasteiger partial charge in [-0.25, -0.2) is 0 Å². The van der Waals surface area contributed by atoms with Crippen molar-refractivity contribution in [3.8, 4) is 16.9 Å². The summed E-state index contributed by atoms with van der Waals surface area (Å²) >= 11 is 0. The van der Waals surface area contributed by atoms with Crippen molar-refractivity contribution < 1.29 is 14.3 Å². The van der Waals surface area contributed by atoms with Crippen molar-refractivity contribution in [3.05, 3.63) is 144 Å². The normalized spacial score (nSPS) is 17.1. The van der Waals surface area contributed by atoms with Crippen LogP contribution in [0.3, 0.4) is 0 Å². The molecule has 0 bridgehead atoms. The van der Waals surface area contributed by atoms with Gasteiger partial charge >= 0.3 is 0 Å². The number of allylic oxidation sites excluding steroid dienone is 2. The lowest BCUT2D eigenvalue weighted by atomic mass is 9.82. The molecule has 37 heavy (non-hydrogen) atoms. The molecule has 1 heterocycles. The van der Waals surface area contributed by atoms with E-state index in [9.17, 15) is 5.11 Å². The molecule has 4 aromatic carbocycles.